The number of aryl methyl sites for hydroxylation is 1. The number of hydrogen-bond donors (Lipinski definition) is 0. The minimum atomic E-state index is 0.831. The van der Waals surface area contributed by atoms with E-state index in [1.54, 1.807) is 0 Å². The maximum atomic E-state index is 5.67. The molecule has 0 heterocycles. The van der Waals surface area contributed by atoms with Crippen molar-refractivity contribution < 1.29 is 4.74 Å². The Morgan fingerprint density at radius 3 is 2.79 bits per heavy atom. The van der Waals surface area contributed by atoms with Gasteiger partial charge < -0.3 is 4.74 Å². The predicted octanol–water partition coefficient (Wildman–Crippen LogP) is 3.52. The number of rotatable bonds is 6. The van der Waals surface area contributed by atoms with Crippen molar-refractivity contribution in [1.29, 1.82) is 0 Å². The van der Waals surface area contributed by atoms with Gasteiger partial charge >= 0.3 is 0 Å². The van der Waals surface area contributed by atoms with E-state index in [0.717, 1.165) is 18.8 Å². The fraction of sp³-hybridized carbons (Fsp3) is 0.500. The quantitative estimate of drug-likeness (QED) is 0.664. The molecule has 0 aliphatic heterocycles. The highest BCUT2D eigenvalue weighted by Crippen LogP contribution is 2.16. The third-order valence-electron chi connectivity index (χ3n) is 1.99. The Morgan fingerprint density at radius 1 is 1.29 bits per heavy atom. The molecule has 1 rings (SSSR count). The van der Waals surface area contributed by atoms with E-state index in [1.807, 2.05) is 30.0 Å². The smallest absolute Gasteiger partial charge is 0.122 e. The van der Waals surface area contributed by atoms with Gasteiger partial charge in [0.05, 0.1) is 6.61 Å². The summed E-state index contributed by atoms with van der Waals surface area (Å²) in [6.07, 6.45) is 1.13. The Hall–Kier alpha value is -0.630. The zero-order chi connectivity index (χ0) is 10.2. The van der Waals surface area contributed by atoms with Crippen molar-refractivity contribution in [2.45, 2.75) is 20.3 Å². The molecule has 0 saturated heterocycles. The minimum Gasteiger partial charge on any atom is -0.493 e. The van der Waals surface area contributed by atoms with Crippen molar-refractivity contribution in [2.75, 3.05) is 18.1 Å². The molecule has 78 valence electrons. The molecule has 1 aromatic rings. The molecule has 0 aromatic heterocycles. The third kappa shape index (κ3) is 4.05. The summed E-state index contributed by atoms with van der Waals surface area (Å²) in [5, 5.41) is 0. The summed E-state index contributed by atoms with van der Waals surface area (Å²) in [7, 11) is 0. The summed E-state index contributed by atoms with van der Waals surface area (Å²) in [6.45, 7) is 5.10. The van der Waals surface area contributed by atoms with Crippen molar-refractivity contribution in [1.82, 2.24) is 0 Å². The van der Waals surface area contributed by atoms with Gasteiger partial charge in [-0.25, -0.2) is 0 Å². The molecule has 1 nitrogen and oxygen atoms in total. The van der Waals surface area contributed by atoms with Crippen LogP contribution in [0, 0.1) is 6.92 Å². The summed E-state index contributed by atoms with van der Waals surface area (Å²) in [5.41, 5.74) is 1.22. The number of hydrogen-bond acceptors (Lipinski definition) is 2. The van der Waals surface area contributed by atoms with Gasteiger partial charge in [0.2, 0.25) is 0 Å². The number of benzene rings is 1. The van der Waals surface area contributed by atoms with Gasteiger partial charge in [0.1, 0.15) is 5.75 Å². The van der Waals surface area contributed by atoms with Crippen molar-refractivity contribution in [3.63, 3.8) is 0 Å². The Morgan fingerprint density at radius 2 is 2.07 bits per heavy atom. The van der Waals surface area contributed by atoms with E-state index in [4.69, 9.17) is 4.74 Å². The zero-order valence-electron chi connectivity index (χ0n) is 8.95. The van der Waals surface area contributed by atoms with Crippen LogP contribution in [0.1, 0.15) is 18.9 Å². The van der Waals surface area contributed by atoms with Crippen LogP contribution in [0.3, 0.4) is 0 Å². The molecule has 0 radical (unpaired) electrons. The molecule has 0 fully saturated rings. The summed E-state index contributed by atoms with van der Waals surface area (Å²) < 4.78 is 5.67. The van der Waals surface area contributed by atoms with Gasteiger partial charge in [-0.05, 0) is 36.5 Å². The summed E-state index contributed by atoms with van der Waals surface area (Å²) >= 11 is 1.97. The lowest BCUT2D eigenvalue weighted by molar-refractivity contribution is 0.316. The van der Waals surface area contributed by atoms with Crippen LogP contribution >= 0.6 is 11.8 Å². The molecule has 1 aromatic carbocycles. The lowest BCUT2D eigenvalue weighted by Crippen LogP contribution is -1.99. The normalized spacial score (nSPS) is 10.1. The Bertz CT molecular complexity index is 260. The van der Waals surface area contributed by atoms with E-state index in [0.29, 0.717) is 0 Å². The van der Waals surface area contributed by atoms with E-state index in [-0.39, 0.29) is 0 Å². The molecule has 0 saturated carbocycles. The van der Waals surface area contributed by atoms with Gasteiger partial charge in [0.25, 0.3) is 0 Å². The minimum absolute atomic E-state index is 0.831. The molecule has 0 aliphatic rings. The van der Waals surface area contributed by atoms with Gasteiger partial charge in [-0.1, -0.05) is 25.1 Å². The maximum Gasteiger partial charge on any atom is 0.122 e. The van der Waals surface area contributed by atoms with E-state index in [2.05, 4.69) is 19.9 Å². The van der Waals surface area contributed by atoms with Crippen LogP contribution in [0.2, 0.25) is 0 Å². The molecule has 0 amide bonds. The average Bonchev–Trinajstić information content (AvgIpc) is 2.20. The lowest BCUT2D eigenvalue weighted by atomic mass is 10.2. The molecule has 0 unspecified atom stereocenters. The Kier molecular flexibility index (Phi) is 5.53. The molecule has 0 bridgehead atoms. The SMILES string of the molecule is CCSCCCOc1ccccc1C. The first-order valence-corrected chi connectivity index (χ1v) is 6.26. The second-order valence-corrected chi connectivity index (χ2v) is 4.56. The largest absolute Gasteiger partial charge is 0.493 e. The van der Waals surface area contributed by atoms with E-state index in [9.17, 15) is 0 Å². The molecule has 0 N–H and O–H groups in total. The molecule has 0 atom stereocenters. The second kappa shape index (κ2) is 6.77. The summed E-state index contributed by atoms with van der Waals surface area (Å²) in [5.74, 6) is 3.42. The average molecular weight is 210 g/mol. The topological polar surface area (TPSA) is 9.23 Å². The maximum absolute atomic E-state index is 5.67. The first-order valence-electron chi connectivity index (χ1n) is 5.10. The molecular weight excluding hydrogens is 192 g/mol. The fourth-order valence-electron chi connectivity index (χ4n) is 1.21. The number of thioether (sulfide) groups is 1. The molecule has 0 spiro atoms. The predicted molar refractivity (Wildman–Crippen MR) is 64.3 cm³/mol. The molecule has 0 aliphatic carbocycles. The highest BCUT2D eigenvalue weighted by molar-refractivity contribution is 7.99. The lowest BCUT2D eigenvalue weighted by Gasteiger charge is -2.07. The van der Waals surface area contributed by atoms with Crippen molar-refractivity contribution in [3.8, 4) is 5.75 Å². The Labute approximate surface area is 90.9 Å². The van der Waals surface area contributed by atoms with Crippen LogP contribution in [0.4, 0.5) is 0 Å². The highest BCUT2D eigenvalue weighted by atomic mass is 32.2. The van der Waals surface area contributed by atoms with E-state index < -0.39 is 0 Å². The molecule has 14 heavy (non-hydrogen) atoms. The summed E-state index contributed by atoms with van der Waals surface area (Å²) in [4.78, 5) is 0. The first-order chi connectivity index (χ1) is 6.84. The van der Waals surface area contributed by atoms with Gasteiger partial charge in [-0.3, -0.25) is 0 Å². The van der Waals surface area contributed by atoms with Crippen LogP contribution < -0.4 is 4.74 Å². The van der Waals surface area contributed by atoms with Crippen LogP contribution in [0.5, 0.6) is 5.75 Å². The second-order valence-electron chi connectivity index (χ2n) is 3.16. The monoisotopic (exact) mass is 210 g/mol. The van der Waals surface area contributed by atoms with Gasteiger partial charge in [-0.15, -0.1) is 0 Å². The van der Waals surface area contributed by atoms with Crippen LogP contribution in [-0.4, -0.2) is 18.1 Å². The Balaban J connectivity index is 2.21. The third-order valence-corrected chi connectivity index (χ3v) is 2.97. The van der Waals surface area contributed by atoms with Gasteiger partial charge in [-0.2, -0.15) is 11.8 Å². The van der Waals surface area contributed by atoms with Crippen molar-refractivity contribution in [3.05, 3.63) is 29.8 Å². The van der Waals surface area contributed by atoms with Crippen LogP contribution in [-0.2, 0) is 0 Å². The zero-order valence-corrected chi connectivity index (χ0v) is 9.77. The number of para-hydroxylation sites is 1. The summed E-state index contributed by atoms with van der Waals surface area (Å²) in [6, 6.07) is 8.16. The standard InChI is InChI=1S/C12H18OS/c1-3-14-10-6-9-13-12-8-5-4-7-11(12)2/h4-5,7-8H,3,6,9-10H2,1-2H3. The van der Waals surface area contributed by atoms with E-state index in [1.165, 1.54) is 17.1 Å². The van der Waals surface area contributed by atoms with Crippen LogP contribution in [0.25, 0.3) is 0 Å². The fourth-order valence-corrected chi connectivity index (χ4v) is 1.82. The van der Waals surface area contributed by atoms with Crippen molar-refractivity contribution >= 4 is 11.8 Å². The first kappa shape index (κ1) is 11.4. The number of ether oxygens (including phenoxy) is 1. The van der Waals surface area contributed by atoms with E-state index >= 15 is 0 Å². The highest BCUT2D eigenvalue weighted by Gasteiger charge is 1.96. The van der Waals surface area contributed by atoms with Gasteiger partial charge in [0.15, 0.2) is 0 Å². The molecule has 2 heteroatoms. The van der Waals surface area contributed by atoms with Crippen molar-refractivity contribution in [2.24, 2.45) is 0 Å². The molecular formula is C12H18OS. The van der Waals surface area contributed by atoms with Gasteiger partial charge in [0, 0.05) is 0 Å². The van der Waals surface area contributed by atoms with Crippen LogP contribution in [0.15, 0.2) is 24.3 Å².